The van der Waals surface area contributed by atoms with E-state index in [2.05, 4.69) is 43.7 Å². The van der Waals surface area contributed by atoms with Crippen LogP contribution in [-0.2, 0) is 9.53 Å². The number of ether oxygens (including phenoxy) is 4. The number of esters is 1. The molecule has 2 amide bonds. The van der Waals surface area contributed by atoms with Crippen molar-refractivity contribution in [3.8, 4) is 17.2 Å². The van der Waals surface area contributed by atoms with Crippen LogP contribution in [0.4, 0.5) is 4.79 Å². The number of hydrazone groups is 1. The van der Waals surface area contributed by atoms with Gasteiger partial charge in [0.1, 0.15) is 19.0 Å². The van der Waals surface area contributed by atoms with Crippen LogP contribution in [0.25, 0.3) is 0 Å². The lowest BCUT2D eigenvalue weighted by atomic mass is 9.95. The molecule has 0 aromatic heterocycles. The van der Waals surface area contributed by atoms with E-state index < -0.39 is 24.3 Å². The lowest BCUT2D eigenvalue weighted by molar-refractivity contribution is -0.136. The van der Waals surface area contributed by atoms with Gasteiger partial charge in [-0.15, -0.1) is 0 Å². The largest absolute Gasteiger partial charge is 0.490 e. The van der Waals surface area contributed by atoms with E-state index in [9.17, 15) is 14.7 Å². The second-order valence-electron chi connectivity index (χ2n) is 8.20. The van der Waals surface area contributed by atoms with Crippen molar-refractivity contribution in [2.75, 3.05) is 26.9 Å². The Morgan fingerprint density at radius 1 is 1.21 bits per heavy atom. The zero-order chi connectivity index (χ0) is 28.4. The van der Waals surface area contributed by atoms with Gasteiger partial charge in [0.05, 0.1) is 31.5 Å². The first-order chi connectivity index (χ1) is 18.8. The van der Waals surface area contributed by atoms with Crippen LogP contribution in [0.3, 0.4) is 0 Å². The molecule has 208 valence electrons. The number of carbonyl (C=O) groups excluding carboxylic acids is 2. The molecule has 0 fully saturated rings. The highest BCUT2D eigenvalue weighted by Gasteiger charge is 2.32. The number of nitrogens with zero attached hydrogens (tertiary/aromatic N) is 1. The number of allylic oxidation sites excluding steroid dienone is 1. The third-order valence-corrected chi connectivity index (χ3v) is 5.92. The van der Waals surface area contributed by atoms with E-state index in [0.717, 1.165) is 4.47 Å². The van der Waals surface area contributed by atoms with Crippen LogP contribution < -0.4 is 30.3 Å². The predicted octanol–water partition coefficient (Wildman–Crippen LogP) is 3.53. The zero-order valence-electron chi connectivity index (χ0n) is 21.8. The number of amides is 2. The normalized spacial score (nSPS) is 15.7. The second-order valence-corrected chi connectivity index (χ2v) is 9.11. The first-order valence-corrected chi connectivity index (χ1v) is 12.8. The van der Waals surface area contributed by atoms with Gasteiger partial charge in [0.15, 0.2) is 17.7 Å². The first kappa shape index (κ1) is 29.5. The standard InChI is InChI=1S/C27H31BrN4O7/c1-5-11-38-20-10-8-19(28)12-18(20)14-29-32-23(33)15-39-21-9-7-17(13-22(21)37-6-2)25-24(26(34)36-4)16(3)30-27(35)31-25/h5,7-10,12-14,23,25,32-33H,1,6,11,15H2,2-4H3,(H2,30,31,35)/b29-14+/t23-,25+/m0/s1. The lowest BCUT2D eigenvalue weighted by Crippen LogP contribution is -2.45. The molecule has 1 aliphatic heterocycles. The Balaban J connectivity index is 1.70. The highest BCUT2D eigenvalue weighted by atomic mass is 79.9. The summed E-state index contributed by atoms with van der Waals surface area (Å²) in [6.45, 7) is 7.62. The lowest BCUT2D eigenvalue weighted by Gasteiger charge is -2.28. The maximum atomic E-state index is 12.4. The van der Waals surface area contributed by atoms with Crippen LogP contribution in [0.1, 0.15) is 31.0 Å². The van der Waals surface area contributed by atoms with Crippen molar-refractivity contribution in [3.05, 3.63) is 75.9 Å². The van der Waals surface area contributed by atoms with E-state index in [1.807, 2.05) is 19.1 Å². The molecule has 3 rings (SSSR count). The Morgan fingerprint density at radius 3 is 2.69 bits per heavy atom. The minimum Gasteiger partial charge on any atom is -0.490 e. The summed E-state index contributed by atoms with van der Waals surface area (Å²) >= 11 is 3.42. The molecule has 4 N–H and O–H groups in total. The van der Waals surface area contributed by atoms with Crippen LogP contribution in [0.5, 0.6) is 17.2 Å². The van der Waals surface area contributed by atoms with E-state index >= 15 is 0 Å². The summed E-state index contributed by atoms with van der Waals surface area (Å²) < 4.78 is 22.9. The number of methoxy groups -OCH3 is 1. The minimum absolute atomic E-state index is 0.147. The Hall–Kier alpha value is -4.03. The van der Waals surface area contributed by atoms with E-state index in [1.54, 1.807) is 37.3 Å². The molecule has 12 heteroatoms. The molecule has 39 heavy (non-hydrogen) atoms. The van der Waals surface area contributed by atoms with Gasteiger partial charge >= 0.3 is 12.0 Å². The molecule has 1 heterocycles. The summed E-state index contributed by atoms with van der Waals surface area (Å²) in [6.07, 6.45) is 2.03. The molecule has 2 aromatic carbocycles. The molecule has 0 aliphatic carbocycles. The van der Waals surface area contributed by atoms with Gasteiger partial charge in [-0.2, -0.15) is 5.10 Å². The van der Waals surface area contributed by atoms with Gasteiger partial charge in [-0.1, -0.05) is 34.7 Å². The number of aliphatic hydroxyl groups is 1. The Kier molecular flexibility index (Phi) is 10.8. The van der Waals surface area contributed by atoms with Crippen LogP contribution in [0, 0.1) is 0 Å². The fourth-order valence-corrected chi connectivity index (χ4v) is 4.09. The molecule has 1 aliphatic rings. The average molecular weight is 603 g/mol. The number of nitrogens with one attached hydrogen (secondary N) is 3. The number of halogens is 1. The second kappa shape index (κ2) is 14.2. The Labute approximate surface area is 235 Å². The van der Waals surface area contributed by atoms with Crippen molar-refractivity contribution >= 4 is 34.1 Å². The summed E-state index contributed by atoms with van der Waals surface area (Å²) in [7, 11) is 1.27. The van der Waals surface area contributed by atoms with Crippen LogP contribution in [0.2, 0.25) is 0 Å². The number of benzene rings is 2. The van der Waals surface area contributed by atoms with Gasteiger partial charge < -0.3 is 34.7 Å². The molecule has 0 radical (unpaired) electrons. The smallest absolute Gasteiger partial charge is 0.337 e. The monoisotopic (exact) mass is 602 g/mol. The number of rotatable bonds is 13. The van der Waals surface area contributed by atoms with Crippen molar-refractivity contribution in [3.63, 3.8) is 0 Å². The number of hydrogen-bond donors (Lipinski definition) is 4. The van der Waals surface area contributed by atoms with Gasteiger partial charge in [0.2, 0.25) is 0 Å². The number of urea groups is 1. The summed E-state index contributed by atoms with van der Waals surface area (Å²) in [6, 6.07) is 9.28. The van der Waals surface area contributed by atoms with Crippen LogP contribution in [-0.4, -0.2) is 56.5 Å². The predicted molar refractivity (Wildman–Crippen MR) is 149 cm³/mol. The number of aliphatic hydroxyl groups excluding tert-OH is 1. The molecular formula is C27H31BrN4O7. The van der Waals surface area contributed by atoms with Crippen molar-refractivity contribution in [2.45, 2.75) is 26.1 Å². The maximum absolute atomic E-state index is 12.4. The van der Waals surface area contributed by atoms with Crippen molar-refractivity contribution in [2.24, 2.45) is 5.10 Å². The maximum Gasteiger partial charge on any atom is 0.337 e. The third-order valence-electron chi connectivity index (χ3n) is 5.43. The summed E-state index contributed by atoms with van der Waals surface area (Å²) in [5.74, 6) is 0.776. The SMILES string of the molecule is C=CCOc1ccc(Br)cc1/C=N/N[C@@H](O)COc1ccc([C@H]2NC(=O)NC(C)=C2C(=O)OC)cc1OCC. The quantitative estimate of drug-likeness (QED) is 0.0897. The molecule has 0 saturated heterocycles. The molecule has 0 spiro atoms. The molecule has 0 unspecified atom stereocenters. The molecular weight excluding hydrogens is 572 g/mol. The fraction of sp³-hybridized carbons (Fsp3) is 0.296. The summed E-state index contributed by atoms with van der Waals surface area (Å²) in [5.41, 5.74) is 4.56. The highest BCUT2D eigenvalue weighted by Crippen LogP contribution is 2.35. The van der Waals surface area contributed by atoms with Gasteiger partial charge in [0, 0.05) is 15.7 Å². The van der Waals surface area contributed by atoms with Crippen molar-refractivity contribution in [1.82, 2.24) is 16.1 Å². The zero-order valence-corrected chi connectivity index (χ0v) is 23.4. The molecule has 2 aromatic rings. The van der Waals surface area contributed by atoms with Crippen LogP contribution in [0.15, 0.2) is 69.9 Å². The topological polar surface area (TPSA) is 140 Å². The number of hydrogen-bond acceptors (Lipinski definition) is 9. The summed E-state index contributed by atoms with van der Waals surface area (Å²) in [5, 5.41) is 19.8. The Bertz CT molecular complexity index is 1260. The Morgan fingerprint density at radius 2 is 1.97 bits per heavy atom. The molecule has 2 atom stereocenters. The highest BCUT2D eigenvalue weighted by molar-refractivity contribution is 9.10. The van der Waals surface area contributed by atoms with E-state index in [0.29, 0.717) is 47.3 Å². The summed E-state index contributed by atoms with van der Waals surface area (Å²) in [4.78, 5) is 24.5. The van der Waals surface area contributed by atoms with E-state index in [-0.39, 0.29) is 12.2 Å². The van der Waals surface area contributed by atoms with Gasteiger partial charge in [0.25, 0.3) is 0 Å². The average Bonchev–Trinajstić information content (AvgIpc) is 2.91. The van der Waals surface area contributed by atoms with E-state index in [1.165, 1.54) is 13.3 Å². The molecule has 0 bridgehead atoms. The van der Waals surface area contributed by atoms with Gasteiger partial charge in [-0.25, -0.2) is 9.59 Å². The third kappa shape index (κ3) is 7.98. The number of carbonyl (C=O) groups is 2. The fourth-order valence-electron chi connectivity index (χ4n) is 3.72. The van der Waals surface area contributed by atoms with Crippen molar-refractivity contribution < 1.29 is 33.6 Å². The van der Waals surface area contributed by atoms with Crippen molar-refractivity contribution in [1.29, 1.82) is 0 Å². The first-order valence-electron chi connectivity index (χ1n) is 12.0. The molecule has 11 nitrogen and oxygen atoms in total. The molecule has 0 saturated carbocycles. The van der Waals surface area contributed by atoms with Crippen LogP contribution >= 0.6 is 15.9 Å². The van der Waals surface area contributed by atoms with Gasteiger partial charge in [-0.05, 0) is 49.7 Å². The van der Waals surface area contributed by atoms with E-state index in [4.69, 9.17) is 18.9 Å². The van der Waals surface area contributed by atoms with Gasteiger partial charge in [-0.3, -0.25) is 5.43 Å². The minimum atomic E-state index is -1.14.